The smallest absolute Gasteiger partial charge is 0.391 e. The Morgan fingerprint density at radius 1 is 1.31 bits per heavy atom. The number of allylic oxidation sites excluding steroid dienone is 4. The van der Waals surface area contributed by atoms with Gasteiger partial charge in [0.25, 0.3) is 0 Å². The van der Waals surface area contributed by atoms with E-state index < -0.39 is 11.7 Å². The standard InChI is InChI=1S/C22H31F3N4O3/c1-3-15(22(23,24)25)7-16(26-2)6-14-8-21(9-14)12-29(13-21)20(31)28-5-4-18-17(10-28)27-19(30)11-32-18/h3,7,14,17-18,26H,4-6,8-13H2,1-2H3,(H,27,30)/b15-3+,16-7-/t17-,18+/m1/s1. The maximum atomic E-state index is 13.0. The minimum atomic E-state index is -4.35. The van der Waals surface area contributed by atoms with Gasteiger partial charge in [-0.3, -0.25) is 4.79 Å². The topological polar surface area (TPSA) is 73.9 Å². The fourth-order valence-electron chi connectivity index (χ4n) is 5.60. The summed E-state index contributed by atoms with van der Waals surface area (Å²) in [5.74, 6) is 0.179. The summed E-state index contributed by atoms with van der Waals surface area (Å²) in [6.45, 7) is 3.94. The van der Waals surface area contributed by atoms with Gasteiger partial charge in [0.1, 0.15) is 6.61 Å². The lowest BCUT2D eigenvalue weighted by Gasteiger charge is -2.60. The van der Waals surface area contributed by atoms with E-state index in [4.69, 9.17) is 4.74 Å². The Bertz CT molecular complexity index is 812. The molecule has 4 fully saturated rings. The zero-order valence-corrected chi connectivity index (χ0v) is 18.5. The Labute approximate surface area is 186 Å². The summed E-state index contributed by atoms with van der Waals surface area (Å²) in [6.07, 6.45) is 1.03. The van der Waals surface area contributed by atoms with E-state index in [1.54, 1.807) is 11.9 Å². The van der Waals surface area contributed by atoms with Crippen molar-refractivity contribution < 1.29 is 27.5 Å². The van der Waals surface area contributed by atoms with Crippen molar-refractivity contribution in [3.63, 3.8) is 0 Å². The van der Waals surface area contributed by atoms with E-state index in [0.717, 1.165) is 18.9 Å². The molecule has 1 spiro atoms. The number of alkyl halides is 3. The molecule has 3 amide bonds. The Morgan fingerprint density at radius 2 is 2.03 bits per heavy atom. The average Bonchev–Trinajstić information content (AvgIpc) is 2.69. The highest BCUT2D eigenvalue weighted by Gasteiger charge is 2.54. The number of likely N-dealkylation sites (tertiary alicyclic amines) is 2. The maximum Gasteiger partial charge on any atom is 0.416 e. The molecule has 0 bridgehead atoms. The van der Waals surface area contributed by atoms with Gasteiger partial charge in [0.05, 0.1) is 17.7 Å². The number of rotatable bonds is 4. The van der Waals surface area contributed by atoms with E-state index in [1.807, 2.05) is 4.90 Å². The number of carbonyl (C=O) groups is 2. The molecule has 0 aromatic carbocycles. The number of carbonyl (C=O) groups excluding carboxylic acids is 2. The van der Waals surface area contributed by atoms with Crippen LogP contribution in [0.25, 0.3) is 0 Å². The van der Waals surface area contributed by atoms with Crippen molar-refractivity contribution in [1.29, 1.82) is 0 Å². The number of amides is 3. The van der Waals surface area contributed by atoms with Crippen molar-refractivity contribution in [2.24, 2.45) is 11.3 Å². The average molecular weight is 457 g/mol. The Kier molecular flexibility index (Phi) is 6.17. The van der Waals surface area contributed by atoms with Crippen molar-refractivity contribution in [1.82, 2.24) is 20.4 Å². The second-order valence-electron chi connectivity index (χ2n) is 9.54. The second kappa shape index (κ2) is 8.61. The number of piperidine rings is 1. The second-order valence-corrected chi connectivity index (χ2v) is 9.54. The summed E-state index contributed by atoms with van der Waals surface area (Å²) in [4.78, 5) is 28.1. The Morgan fingerprint density at radius 3 is 2.66 bits per heavy atom. The highest BCUT2D eigenvalue weighted by atomic mass is 19.4. The van der Waals surface area contributed by atoms with Crippen molar-refractivity contribution in [3.8, 4) is 0 Å². The van der Waals surface area contributed by atoms with Crippen LogP contribution in [0.3, 0.4) is 0 Å². The number of halogens is 3. The first-order valence-corrected chi connectivity index (χ1v) is 11.2. The molecule has 1 saturated carbocycles. The van der Waals surface area contributed by atoms with Gasteiger partial charge in [0, 0.05) is 44.3 Å². The number of hydrogen-bond donors (Lipinski definition) is 2. The molecule has 178 valence electrons. The molecule has 7 nitrogen and oxygen atoms in total. The third-order valence-corrected chi connectivity index (χ3v) is 7.16. The minimum absolute atomic E-state index is 0.00365. The molecule has 10 heteroatoms. The normalized spacial score (nSPS) is 28.6. The highest BCUT2D eigenvalue weighted by Crippen LogP contribution is 2.54. The summed E-state index contributed by atoms with van der Waals surface area (Å²) < 4.78 is 44.6. The predicted octanol–water partition coefficient (Wildman–Crippen LogP) is 2.41. The highest BCUT2D eigenvalue weighted by molar-refractivity contribution is 5.79. The molecule has 3 aliphatic heterocycles. The van der Waals surface area contributed by atoms with Gasteiger partial charge in [0.15, 0.2) is 0 Å². The molecule has 3 saturated heterocycles. The van der Waals surface area contributed by atoms with Crippen molar-refractivity contribution in [2.75, 3.05) is 39.8 Å². The predicted molar refractivity (Wildman–Crippen MR) is 112 cm³/mol. The third kappa shape index (κ3) is 4.60. The van der Waals surface area contributed by atoms with Gasteiger partial charge < -0.3 is 25.2 Å². The first kappa shape index (κ1) is 22.9. The fourth-order valence-corrected chi connectivity index (χ4v) is 5.60. The summed E-state index contributed by atoms with van der Waals surface area (Å²) in [6, 6.07) is -0.154. The van der Waals surface area contributed by atoms with Crippen LogP contribution in [0.5, 0.6) is 0 Å². The quantitative estimate of drug-likeness (QED) is 0.638. The number of nitrogens with zero attached hydrogens (tertiary/aromatic N) is 2. The third-order valence-electron chi connectivity index (χ3n) is 7.16. The lowest BCUT2D eigenvalue weighted by molar-refractivity contribution is -0.140. The van der Waals surface area contributed by atoms with E-state index in [2.05, 4.69) is 10.6 Å². The van der Waals surface area contributed by atoms with Gasteiger partial charge in [0.2, 0.25) is 5.91 Å². The molecular formula is C22H31F3N4O3. The van der Waals surface area contributed by atoms with Gasteiger partial charge in [-0.05, 0) is 44.6 Å². The summed E-state index contributed by atoms with van der Waals surface area (Å²) in [5, 5.41) is 5.82. The van der Waals surface area contributed by atoms with Crippen LogP contribution in [-0.4, -0.2) is 79.9 Å². The number of ether oxygens (including phenoxy) is 1. The minimum Gasteiger partial charge on any atom is -0.391 e. The van der Waals surface area contributed by atoms with Gasteiger partial charge in [-0.2, -0.15) is 13.2 Å². The molecule has 3 heterocycles. The number of morpholine rings is 1. The van der Waals surface area contributed by atoms with Crippen LogP contribution in [0.1, 0.15) is 32.6 Å². The maximum absolute atomic E-state index is 13.0. The van der Waals surface area contributed by atoms with Gasteiger partial charge in [-0.15, -0.1) is 0 Å². The number of hydrogen-bond acceptors (Lipinski definition) is 4. The molecule has 0 radical (unpaired) electrons. The number of fused-ring (bicyclic) bond motifs is 1. The van der Waals surface area contributed by atoms with Crippen LogP contribution in [0, 0.1) is 11.3 Å². The van der Waals surface area contributed by atoms with Crippen LogP contribution in [0.4, 0.5) is 18.0 Å². The van der Waals surface area contributed by atoms with E-state index in [9.17, 15) is 22.8 Å². The largest absolute Gasteiger partial charge is 0.416 e. The molecule has 2 N–H and O–H groups in total. The SMILES string of the molecule is C/C=C(\C=C(\CC1CC2(C1)CN(C(=O)N1CC[C@@H]3OCC(=O)N[C@@H]3C1)C2)NC)C(F)(F)F. The van der Waals surface area contributed by atoms with E-state index >= 15 is 0 Å². The van der Waals surface area contributed by atoms with Crippen molar-refractivity contribution in [2.45, 2.75) is 50.9 Å². The fraction of sp³-hybridized carbons (Fsp3) is 0.727. The van der Waals surface area contributed by atoms with Crippen LogP contribution in [0.15, 0.2) is 23.4 Å². The molecule has 0 unspecified atom stereocenters. The van der Waals surface area contributed by atoms with Gasteiger partial charge in [-0.1, -0.05) is 6.08 Å². The van der Waals surface area contributed by atoms with Gasteiger partial charge >= 0.3 is 12.2 Å². The lowest BCUT2D eigenvalue weighted by atomic mass is 9.57. The zero-order valence-electron chi connectivity index (χ0n) is 18.5. The molecule has 4 rings (SSSR count). The van der Waals surface area contributed by atoms with Crippen LogP contribution in [0.2, 0.25) is 0 Å². The van der Waals surface area contributed by atoms with E-state index in [0.29, 0.717) is 50.6 Å². The molecule has 2 atom stereocenters. The van der Waals surface area contributed by atoms with Crippen LogP contribution < -0.4 is 10.6 Å². The Hall–Kier alpha value is -2.23. The summed E-state index contributed by atoms with van der Waals surface area (Å²) in [5.41, 5.74) is 0.0504. The first-order valence-electron chi connectivity index (χ1n) is 11.2. The van der Waals surface area contributed by atoms with Crippen molar-refractivity contribution in [3.05, 3.63) is 23.4 Å². The number of urea groups is 1. The molecule has 1 aliphatic carbocycles. The van der Waals surface area contributed by atoms with E-state index in [-0.39, 0.29) is 36.1 Å². The molecule has 32 heavy (non-hydrogen) atoms. The van der Waals surface area contributed by atoms with Crippen molar-refractivity contribution >= 4 is 11.9 Å². The molecule has 4 aliphatic rings. The van der Waals surface area contributed by atoms with Crippen LogP contribution in [-0.2, 0) is 9.53 Å². The van der Waals surface area contributed by atoms with Gasteiger partial charge in [-0.25, -0.2) is 4.79 Å². The first-order chi connectivity index (χ1) is 15.1. The molecule has 0 aromatic rings. The lowest BCUT2D eigenvalue weighted by Crippen LogP contribution is -2.68. The molecular weight excluding hydrogens is 425 g/mol. The van der Waals surface area contributed by atoms with Crippen LogP contribution >= 0.6 is 0 Å². The molecule has 0 aromatic heterocycles. The van der Waals surface area contributed by atoms with E-state index in [1.165, 1.54) is 13.0 Å². The summed E-state index contributed by atoms with van der Waals surface area (Å²) in [7, 11) is 1.65. The monoisotopic (exact) mass is 456 g/mol. The summed E-state index contributed by atoms with van der Waals surface area (Å²) >= 11 is 0. The Balaban J connectivity index is 1.24. The zero-order chi connectivity index (χ0) is 23.1. The number of nitrogens with one attached hydrogen (secondary N) is 2.